The second kappa shape index (κ2) is 4.73. The molecule has 1 aliphatic rings. The zero-order valence-electron chi connectivity index (χ0n) is 8.11. The average molecular weight is 240 g/mol. The van der Waals surface area contributed by atoms with Crippen LogP contribution in [0.5, 0.6) is 0 Å². The molecule has 1 rings (SSSR count). The Bertz CT molecular complexity index is 290. The van der Waals surface area contributed by atoms with Crippen LogP contribution in [0.2, 0.25) is 0 Å². The Morgan fingerprint density at radius 1 is 1.73 bits per heavy atom. The van der Waals surface area contributed by atoms with Gasteiger partial charge in [-0.1, -0.05) is 0 Å². The molecule has 0 aromatic rings. The predicted octanol–water partition coefficient (Wildman–Crippen LogP) is 0.515. The number of nitriles is 1. The molecular weight excluding hydrogens is 228 g/mol. The van der Waals surface area contributed by atoms with Crippen molar-refractivity contribution in [3.63, 3.8) is 0 Å². The van der Waals surface area contributed by atoms with Crippen LogP contribution in [-0.2, 0) is 4.79 Å². The molecule has 2 atom stereocenters. The molecule has 1 heterocycles. The molecule has 15 heavy (non-hydrogen) atoms. The topological polar surface area (TPSA) is 70.1 Å². The van der Waals surface area contributed by atoms with Crippen molar-refractivity contribution in [1.29, 1.82) is 5.26 Å². The molecule has 86 valence electrons. The van der Waals surface area contributed by atoms with Crippen molar-refractivity contribution in [3.05, 3.63) is 0 Å². The molecule has 1 amide bonds. The van der Waals surface area contributed by atoms with Gasteiger partial charge in [0.05, 0.1) is 18.7 Å². The van der Waals surface area contributed by atoms with E-state index in [0.29, 0.717) is 0 Å². The normalized spacial score (nSPS) is 25.3. The Labute approximate surface area is 92.4 Å². The van der Waals surface area contributed by atoms with Gasteiger partial charge < -0.3 is 10.6 Å². The van der Waals surface area contributed by atoms with Gasteiger partial charge in [0.1, 0.15) is 6.04 Å². The fourth-order valence-electron chi connectivity index (χ4n) is 1.43. The van der Waals surface area contributed by atoms with Crippen molar-refractivity contribution in [2.75, 3.05) is 6.54 Å². The van der Waals surface area contributed by atoms with E-state index in [1.54, 1.807) is 6.07 Å². The summed E-state index contributed by atoms with van der Waals surface area (Å²) < 4.78 is 25.7. The molecule has 2 N–H and O–H groups in total. The summed E-state index contributed by atoms with van der Waals surface area (Å²) in [5.41, 5.74) is 5.28. The zero-order valence-corrected chi connectivity index (χ0v) is 8.93. The highest BCUT2D eigenvalue weighted by Gasteiger charge is 2.47. The number of likely N-dealkylation sites (tertiary alicyclic amines) is 1. The summed E-state index contributed by atoms with van der Waals surface area (Å²) in [6.45, 7) is 0.707. The minimum Gasteiger partial charge on any atom is -0.320 e. The summed E-state index contributed by atoms with van der Waals surface area (Å²) in [5.74, 6) is -3.57. The molecule has 0 saturated carbocycles. The Balaban J connectivity index is 0.00000196. The van der Waals surface area contributed by atoms with Crippen molar-refractivity contribution in [1.82, 2.24) is 4.90 Å². The van der Waals surface area contributed by atoms with E-state index in [9.17, 15) is 13.6 Å². The standard InChI is InChI=1S/C8H11F2N3O.ClH/c1-5(12)7(14)13-4-8(9,10)2-6(13)3-11;/h5-6H,2,4,12H2,1H3;1H/t5?,6-;/m0./s1. The van der Waals surface area contributed by atoms with Crippen LogP contribution in [-0.4, -0.2) is 35.4 Å². The summed E-state index contributed by atoms with van der Waals surface area (Å²) in [7, 11) is 0. The van der Waals surface area contributed by atoms with Gasteiger partial charge in [0.2, 0.25) is 5.91 Å². The lowest BCUT2D eigenvalue weighted by atomic mass is 10.2. The largest absolute Gasteiger partial charge is 0.320 e. The van der Waals surface area contributed by atoms with Crippen molar-refractivity contribution < 1.29 is 13.6 Å². The van der Waals surface area contributed by atoms with Crippen LogP contribution < -0.4 is 5.73 Å². The fourth-order valence-corrected chi connectivity index (χ4v) is 1.43. The Hall–Kier alpha value is -0.930. The minimum atomic E-state index is -2.97. The highest BCUT2D eigenvalue weighted by Crippen LogP contribution is 2.31. The number of amides is 1. The molecule has 4 nitrogen and oxygen atoms in total. The SMILES string of the molecule is CC(N)C(=O)N1CC(F)(F)C[C@H]1C#N.Cl. The number of nitrogens with two attached hydrogens (primary N) is 1. The zero-order chi connectivity index (χ0) is 10.9. The van der Waals surface area contributed by atoms with Gasteiger partial charge in [-0.2, -0.15) is 5.26 Å². The highest BCUT2D eigenvalue weighted by atomic mass is 35.5. The summed E-state index contributed by atoms with van der Waals surface area (Å²) in [6.07, 6.45) is -0.595. The Kier molecular flexibility index (Phi) is 4.43. The summed E-state index contributed by atoms with van der Waals surface area (Å²) in [5, 5.41) is 8.58. The number of rotatable bonds is 1. The van der Waals surface area contributed by atoms with Crippen LogP contribution in [0.1, 0.15) is 13.3 Å². The second-order valence-electron chi connectivity index (χ2n) is 3.46. The third kappa shape index (κ3) is 3.01. The third-order valence-corrected chi connectivity index (χ3v) is 2.09. The first kappa shape index (κ1) is 14.1. The van der Waals surface area contributed by atoms with Gasteiger partial charge in [0.15, 0.2) is 0 Å². The second-order valence-corrected chi connectivity index (χ2v) is 3.46. The van der Waals surface area contributed by atoms with Gasteiger partial charge in [-0.25, -0.2) is 8.78 Å². The molecule has 0 aromatic heterocycles. The molecule has 0 spiro atoms. The van der Waals surface area contributed by atoms with Crippen molar-refractivity contribution in [2.45, 2.75) is 31.4 Å². The van der Waals surface area contributed by atoms with Crippen LogP contribution in [0.3, 0.4) is 0 Å². The average Bonchev–Trinajstić information content (AvgIpc) is 2.39. The lowest BCUT2D eigenvalue weighted by molar-refractivity contribution is -0.133. The quantitative estimate of drug-likeness (QED) is 0.725. The minimum absolute atomic E-state index is 0. The molecule has 1 unspecified atom stereocenters. The number of carbonyl (C=O) groups is 1. The van der Waals surface area contributed by atoms with Gasteiger partial charge in [-0.05, 0) is 6.92 Å². The molecule has 7 heteroatoms. The van der Waals surface area contributed by atoms with Crippen LogP contribution >= 0.6 is 12.4 Å². The summed E-state index contributed by atoms with van der Waals surface area (Å²) >= 11 is 0. The molecule has 1 saturated heterocycles. The monoisotopic (exact) mass is 239 g/mol. The molecule has 1 aliphatic heterocycles. The molecule has 0 radical (unpaired) electrons. The van der Waals surface area contributed by atoms with E-state index in [4.69, 9.17) is 11.0 Å². The number of nitrogens with zero attached hydrogens (tertiary/aromatic N) is 2. The first-order valence-electron chi connectivity index (χ1n) is 4.21. The maximum atomic E-state index is 12.9. The maximum absolute atomic E-state index is 12.9. The molecular formula is C8H12ClF2N3O. The molecule has 1 fully saturated rings. The van der Waals surface area contributed by atoms with E-state index < -0.39 is 36.9 Å². The van der Waals surface area contributed by atoms with Crippen molar-refractivity contribution in [3.8, 4) is 6.07 Å². The van der Waals surface area contributed by atoms with Crippen LogP contribution in [0, 0.1) is 11.3 Å². The fraction of sp³-hybridized carbons (Fsp3) is 0.750. The lowest BCUT2D eigenvalue weighted by Gasteiger charge is -2.20. The van der Waals surface area contributed by atoms with E-state index in [0.717, 1.165) is 4.90 Å². The van der Waals surface area contributed by atoms with Crippen molar-refractivity contribution in [2.24, 2.45) is 5.73 Å². The first-order valence-corrected chi connectivity index (χ1v) is 4.21. The Morgan fingerprint density at radius 3 is 2.67 bits per heavy atom. The van der Waals surface area contributed by atoms with Crippen molar-refractivity contribution >= 4 is 18.3 Å². The van der Waals surface area contributed by atoms with Crippen LogP contribution in [0.4, 0.5) is 8.78 Å². The van der Waals surface area contributed by atoms with E-state index in [2.05, 4.69) is 0 Å². The number of carbonyl (C=O) groups excluding carboxylic acids is 1. The molecule has 0 aromatic carbocycles. The van der Waals surface area contributed by atoms with E-state index >= 15 is 0 Å². The number of hydrogen-bond acceptors (Lipinski definition) is 3. The summed E-state index contributed by atoms with van der Waals surface area (Å²) in [4.78, 5) is 12.2. The van der Waals surface area contributed by atoms with E-state index in [1.165, 1.54) is 6.92 Å². The highest BCUT2D eigenvalue weighted by molar-refractivity contribution is 5.85. The third-order valence-electron chi connectivity index (χ3n) is 2.09. The van der Waals surface area contributed by atoms with Gasteiger partial charge >= 0.3 is 0 Å². The number of halogens is 3. The van der Waals surface area contributed by atoms with Gasteiger partial charge in [0, 0.05) is 6.42 Å². The smallest absolute Gasteiger partial charge is 0.268 e. The van der Waals surface area contributed by atoms with Gasteiger partial charge in [0.25, 0.3) is 5.92 Å². The van der Waals surface area contributed by atoms with Gasteiger partial charge in [-0.3, -0.25) is 4.79 Å². The molecule has 0 bridgehead atoms. The lowest BCUT2D eigenvalue weighted by Crippen LogP contribution is -2.44. The van der Waals surface area contributed by atoms with E-state index in [1.807, 2.05) is 0 Å². The van der Waals surface area contributed by atoms with E-state index in [-0.39, 0.29) is 12.4 Å². The van der Waals surface area contributed by atoms with Crippen LogP contribution in [0.25, 0.3) is 0 Å². The first-order chi connectivity index (χ1) is 6.37. The number of hydrogen-bond donors (Lipinski definition) is 1. The predicted molar refractivity (Wildman–Crippen MR) is 51.6 cm³/mol. The van der Waals surface area contributed by atoms with Crippen LogP contribution in [0.15, 0.2) is 0 Å². The number of alkyl halides is 2. The summed E-state index contributed by atoms with van der Waals surface area (Å²) in [6, 6.07) is -0.225. The van der Waals surface area contributed by atoms with Gasteiger partial charge in [-0.15, -0.1) is 12.4 Å². The Morgan fingerprint density at radius 2 is 2.27 bits per heavy atom. The molecule has 0 aliphatic carbocycles. The maximum Gasteiger partial charge on any atom is 0.268 e.